The Kier molecular flexibility index (Phi) is 4.66. The molecule has 2 N–H and O–H groups in total. The third kappa shape index (κ3) is 4.11. The molecule has 19 heavy (non-hydrogen) atoms. The Balaban J connectivity index is 2.02. The number of hydrogen-bond acceptors (Lipinski definition) is 4. The van der Waals surface area contributed by atoms with Gasteiger partial charge in [0.1, 0.15) is 0 Å². The van der Waals surface area contributed by atoms with Crippen LogP contribution in [0.5, 0.6) is 0 Å². The average Bonchev–Trinajstić information content (AvgIpc) is 2.38. The summed E-state index contributed by atoms with van der Waals surface area (Å²) in [6.07, 6.45) is 2.66. The molecule has 0 spiro atoms. The second-order valence-corrected chi connectivity index (χ2v) is 6.51. The number of nitrogens with one attached hydrogen (secondary N) is 2. The van der Waals surface area contributed by atoms with Gasteiger partial charge in [-0.1, -0.05) is 6.07 Å². The Morgan fingerprint density at radius 3 is 3.05 bits per heavy atom. The van der Waals surface area contributed by atoms with Crippen molar-refractivity contribution in [3.63, 3.8) is 0 Å². The van der Waals surface area contributed by atoms with Crippen LogP contribution in [0.4, 0.5) is 11.4 Å². The minimum absolute atomic E-state index is 0.0748. The lowest BCUT2D eigenvalue weighted by Gasteiger charge is -2.19. The first kappa shape index (κ1) is 14.1. The summed E-state index contributed by atoms with van der Waals surface area (Å²) in [6, 6.07) is 5.66. The van der Waals surface area contributed by atoms with E-state index in [-0.39, 0.29) is 5.75 Å². The summed E-state index contributed by atoms with van der Waals surface area (Å²) in [6.45, 7) is 1.39. The number of ether oxygens (including phenoxy) is 1. The van der Waals surface area contributed by atoms with Crippen molar-refractivity contribution in [2.45, 2.75) is 19.3 Å². The first-order valence-electron chi connectivity index (χ1n) is 6.47. The average molecular weight is 284 g/mol. The maximum atomic E-state index is 11.9. The lowest BCUT2D eigenvalue weighted by molar-refractivity contribution is 0.199. The fraction of sp³-hybridized carbons (Fsp3) is 0.538. The summed E-state index contributed by atoms with van der Waals surface area (Å²) in [5, 5.41) is 3.29. The van der Waals surface area contributed by atoms with Crippen LogP contribution in [0.15, 0.2) is 18.2 Å². The SMILES string of the molecule is COCCCS(=O)(=O)Nc1ccc2c(c1)NCCC2. The molecule has 1 aliphatic heterocycles. The number of aryl methyl sites for hydroxylation is 1. The van der Waals surface area contributed by atoms with Crippen LogP contribution in [0.3, 0.4) is 0 Å². The van der Waals surface area contributed by atoms with Crippen LogP contribution in [0.25, 0.3) is 0 Å². The predicted molar refractivity (Wildman–Crippen MR) is 77.2 cm³/mol. The molecule has 0 amide bonds. The molecule has 0 saturated heterocycles. The molecule has 1 aliphatic rings. The van der Waals surface area contributed by atoms with Crippen molar-refractivity contribution in [3.05, 3.63) is 23.8 Å². The molecule has 2 rings (SSSR count). The van der Waals surface area contributed by atoms with Crippen LogP contribution in [0, 0.1) is 0 Å². The Morgan fingerprint density at radius 1 is 1.42 bits per heavy atom. The van der Waals surface area contributed by atoms with E-state index >= 15 is 0 Å². The summed E-state index contributed by atoms with van der Waals surface area (Å²) >= 11 is 0. The monoisotopic (exact) mass is 284 g/mol. The normalized spacial score (nSPS) is 14.6. The zero-order valence-corrected chi connectivity index (χ0v) is 11.9. The van der Waals surface area contributed by atoms with E-state index in [1.807, 2.05) is 18.2 Å². The van der Waals surface area contributed by atoms with Gasteiger partial charge in [-0.25, -0.2) is 8.42 Å². The van der Waals surface area contributed by atoms with Crippen LogP contribution in [-0.2, 0) is 21.2 Å². The maximum absolute atomic E-state index is 11.9. The number of hydrogen-bond donors (Lipinski definition) is 2. The van der Waals surface area contributed by atoms with Crippen molar-refractivity contribution < 1.29 is 13.2 Å². The Morgan fingerprint density at radius 2 is 2.26 bits per heavy atom. The number of sulfonamides is 1. The lowest BCUT2D eigenvalue weighted by atomic mass is 10.0. The van der Waals surface area contributed by atoms with Gasteiger partial charge in [0, 0.05) is 25.9 Å². The second kappa shape index (κ2) is 6.25. The van der Waals surface area contributed by atoms with Crippen molar-refractivity contribution in [1.82, 2.24) is 0 Å². The summed E-state index contributed by atoms with van der Waals surface area (Å²) in [7, 11) is -1.73. The predicted octanol–water partition coefficient (Wildman–Crippen LogP) is 1.82. The number of methoxy groups -OCH3 is 1. The van der Waals surface area contributed by atoms with Gasteiger partial charge in [0.15, 0.2) is 0 Å². The van der Waals surface area contributed by atoms with Crippen LogP contribution in [0.2, 0.25) is 0 Å². The molecule has 1 aromatic rings. The second-order valence-electron chi connectivity index (χ2n) is 4.67. The number of benzene rings is 1. The summed E-state index contributed by atoms with van der Waals surface area (Å²) < 4.78 is 31.2. The van der Waals surface area contributed by atoms with Crippen molar-refractivity contribution in [2.75, 3.05) is 36.1 Å². The van der Waals surface area contributed by atoms with Crippen LogP contribution in [0.1, 0.15) is 18.4 Å². The van der Waals surface area contributed by atoms with Gasteiger partial charge < -0.3 is 10.1 Å². The molecule has 5 nitrogen and oxygen atoms in total. The van der Waals surface area contributed by atoms with E-state index in [1.54, 1.807) is 7.11 Å². The minimum Gasteiger partial charge on any atom is -0.385 e. The van der Waals surface area contributed by atoms with E-state index in [2.05, 4.69) is 10.0 Å². The van der Waals surface area contributed by atoms with Crippen molar-refractivity contribution in [2.24, 2.45) is 0 Å². The summed E-state index contributed by atoms with van der Waals surface area (Å²) in [5.74, 6) is 0.0748. The minimum atomic E-state index is -3.29. The highest BCUT2D eigenvalue weighted by atomic mass is 32.2. The fourth-order valence-electron chi connectivity index (χ4n) is 2.15. The highest BCUT2D eigenvalue weighted by Crippen LogP contribution is 2.25. The molecule has 0 saturated carbocycles. The van der Waals surface area contributed by atoms with E-state index in [1.165, 1.54) is 5.56 Å². The standard InChI is InChI=1S/C13H20N2O3S/c1-18-8-3-9-19(16,17)15-12-6-5-11-4-2-7-14-13(11)10-12/h5-6,10,14-15H,2-4,7-9H2,1H3. The molecule has 6 heteroatoms. The molecule has 0 radical (unpaired) electrons. The van der Waals surface area contributed by atoms with Crippen molar-refractivity contribution >= 4 is 21.4 Å². The zero-order chi connectivity index (χ0) is 13.7. The maximum Gasteiger partial charge on any atom is 0.232 e. The van der Waals surface area contributed by atoms with Gasteiger partial charge in [-0.3, -0.25) is 4.72 Å². The third-order valence-electron chi connectivity index (χ3n) is 3.08. The van der Waals surface area contributed by atoms with Crippen LogP contribution >= 0.6 is 0 Å². The Hall–Kier alpha value is -1.27. The lowest BCUT2D eigenvalue weighted by Crippen LogP contribution is -2.18. The van der Waals surface area contributed by atoms with Gasteiger partial charge >= 0.3 is 0 Å². The molecule has 1 heterocycles. The molecule has 1 aromatic carbocycles. The van der Waals surface area contributed by atoms with E-state index in [0.717, 1.165) is 25.1 Å². The first-order valence-corrected chi connectivity index (χ1v) is 8.12. The molecular weight excluding hydrogens is 264 g/mol. The van der Waals surface area contributed by atoms with Crippen molar-refractivity contribution in [1.29, 1.82) is 0 Å². The molecule has 0 bridgehead atoms. The highest BCUT2D eigenvalue weighted by molar-refractivity contribution is 7.92. The van der Waals surface area contributed by atoms with Crippen molar-refractivity contribution in [3.8, 4) is 0 Å². The van der Waals surface area contributed by atoms with Crippen LogP contribution in [-0.4, -0.2) is 34.4 Å². The van der Waals surface area contributed by atoms with E-state index < -0.39 is 10.0 Å². The van der Waals surface area contributed by atoms with E-state index in [9.17, 15) is 8.42 Å². The molecular formula is C13H20N2O3S. The Bertz CT molecular complexity index is 529. The van der Waals surface area contributed by atoms with Gasteiger partial charge in [0.05, 0.1) is 11.4 Å². The number of anilines is 2. The first-order chi connectivity index (χ1) is 9.11. The van der Waals surface area contributed by atoms with Gasteiger partial charge in [-0.15, -0.1) is 0 Å². The molecule has 0 fully saturated rings. The van der Waals surface area contributed by atoms with E-state index in [4.69, 9.17) is 4.74 Å². The molecule has 0 unspecified atom stereocenters. The van der Waals surface area contributed by atoms with Gasteiger partial charge in [0.25, 0.3) is 0 Å². The third-order valence-corrected chi connectivity index (χ3v) is 4.46. The smallest absolute Gasteiger partial charge is 0.232 e. The number of fused-ring (bicyclic) bond motifs is 1. The highest BCUT2D eigenvalue weighted by Gasteiger charge is 2.13. The van der Waals surface area contributed by atoms with Crippen LogP contribution < -0.4 is 10.0 Å². The Labute approximate surface area is 114 Å². The summed E-state index contributed by atoms with van der Waals surface area (Å²) in [5.41, 5.74) is 2.89. The molecule has 0 aromatic heterocycles. The molecule has 0 atom stereocenters. The molecule has 0 aliphatic carbocycles. The fourth-order valence-corrected chi connectivity index (χ4v) is 3.23. The quantitative estimate of drug-likeness (QED) is 0.782. The topological polar surface area (TPSA) is 67.4 Å². The molecule has 106 valence electrons. The van der Waals surface area contributed by atoms with Gasteiger partial charge in [-0.2, -0.15) is 0 Å². The number of rotatable bonds is 6. The summed E-state index contributed by atoms with van der Waals surface area (Å²) in [4.78, 5) is 0. The largest absolute Gasteiger partial charge is 0.385 e. The zero-order valence-electron chi connectivity index (χ0n) is 11.1. The van der Waals surface area contributed by atoms with Gasteiger partial charge in [-0.05, 0) is 37.0 Å². The van der Waals surface area contributed by atoms with Gasteiger partial charge in [0.2, 0.25) is 10.0 Å². The van der Waals surface area contributed by atoms with E-state index in [0.29, 0.717) is 18.7 Å².